The highest BCUT2D eigenvalue weighted by molar-refractivity contribution is 6.08. The van der Waals surface area contributed by atoms with Gasteiger partial charge in [0.25, 0.3) is 0 Å². The van der Waals surface area contributed by atoms with E-state index in [4.69, 9.17) is 5.73 Å². The van der Waals surface area contributed by atoms with Gasteiger partial charge in [-0.05, 0) is 90.1 Å². The molecule has 0 amide bonds. The molecule has 0 unspecified atom stereocenters. The molecule has 35 heavy (non-hydrogen) atoms. The van der Waals surface area contributed by atoms with Crippen LogP contribution in [-0.2, 0) is 6.42 Å². The minimum Gasteiger partial charge on any atom is -0.378 e. The highest BCUT2D eigenvalue weighted by atomic mass is 16.1. The molecule has 0 atom stereocenters. The van der Waals surface area contributed by atoms with Gasteiger partial charge < -0.3 is 10.6 Å². The first kappa shape index (κ1) is 26.1. The van der Waals surface area contributed by atoms with Crippen molar-refractivity contribution >= 4 is 28.3 Å². The number of anilines is 1. The topological polar surface area (TPSA) is 49.3 Å². The van der Waals surface area contributed by atoms with Gasteiger partial charge >= 0.3 is 0 Å². The molecule has 2 aromatic rings. The van der Waals surface area contributed by atoms with Crippen LogP contribution in [0, 0.1) is 0 Å². The maximum absolute atomic E-state index is 12.7. The molecular formula is C31H38N3O+. The second-order valence-corrected chi connectivity index (χ2v) is 9.53. The molecule has 0 spiro atoms. The van der Waals surface area contributed by atoms with Gasteiger partial charge in [0.1, 0.15) is 14.1 Å². The van der Waals surface area contributed by atoms with Gasteiger partial charge in [-0.3, -0.25) is 4.79 Å². The molecule has 0 saturated carbocycles. The summed E-state index contributed by atoms with van der Waals surface area (Å²) >= 11 is 0. The number of carbonyl (C=O) groups excluding carboxylic acids is 1. The molecule has 2 aromatic carbocycles. The normalized spacial score (nSPS) is 13.8. The van der Waals surface area contributed by atoms with Crippen molar-refractivity contribution in [2.45, 2.75) is 27.2 Å². The molecule has 0 bridgehead atoms. The van der Waals surface area contributed by atoms with Crippen molar-refractivity contribution in [3.05, 3.63) is 100 Å². The van der Waals surface area contributed by atoms with Crippen LogP contribution in [-0.4, -0.2) is 50.8 Å². The minimum atomic E-state index is 0.0734. The number of ketones is 1. The zero-order valence-corrected chi connectivity index (χ0v) is 22.2. The first-order chi connectivity index (χ1) is 16.6. The molecule has 4 rings (SSSR count). The third-order valence-electron chi connectivity index (χ3n) is 6.29. The summed E-state index contributed by atoms with van der Waals surface area (Å²) in [4.78, 5) is 14.8. The van der Waals surface area contributed by atoms with Crippen molar-refractivity contribution in [2.75, 3.05) is 39.6 Å². The van der Waals surface area contributed by atoms with Crippen LogP contribution in [0.15, 0.2) is 72.4 Å². The Morgan fingerprint density at radius 1 is 1.06 bits per heavy atom. The summed E-state index contributed by atoms with van der Waals surface area (Å²) < 4.78 is 2.13. The number of fused-ring (bicyclic) bond motifs is 2. The fraction of sp³-hybridized carbons (Fsp3) is 0.290. The van der Waals surface area contributed by atoms with Gasteiger partial charge in [0.05, 0.1) is 0 Å². The number of carbonyl (C=O) groups is 1. The number of hydrogen-bond donors (Lipinski definition) is 1. The van der Waals surface area contributed by atoms with Crippen molar-refractivity contribution < 1.29 is 9.37 Å². The predicted octanol–water partition coefficient (Wildman–Crippen LogP) is 5.52. The van der Waals surface area contributed by atoms with E-state index in [1.807, 2.05) is 26.0 Å². The van der Waals surface area contributed by atoms with Crippen LogP contribution in [0.2, 0.25) is 0 Å². The average molecular weight is 469 g/mol. The van der Waals surface area contributed by atoms with Gasteiger partial charge in [0.2, 0.25) is 0 Å². The summed E-state index contributed by atoms with van der Waals surface area (Å²) in [5.41, 5.74) is 17.1. The van der Waals surface area contributed by atoms with Gasteiger partial charge in [-0.15, -0.1) is 0 Å². The van der Waals surface area contributed by atoms with Crippen LogP contribution < -0.4 is 10.6 Å². The number of benzene rings is 2. The Morgan fingerprint density at radius 3 is 2.31 bits per heavy atom. The lowest BCUT2D eigenvalue weighted by atomic mass is 9.75. The van der Waals surface area contributed by atoms with Gasteiger partial charge in [0, 0.05) is 37.5 Å². The van der Waals surface area contributed by atoms with Crippen molar-refractivity contribution in [1.29, 1.82) is 0 Å². The molecule has 2 N–H and O–H groups in total. The summed E-state index contributed by atoms with van der Waals surface area (Å²) in [6, 6.07) is 12.7. The standard InChI is InChI=1S/C29H31N2O.C2H7N/c1-18(2)20-8-11-25(19(3)32)28(17-20)29-26-12-9-23(30(4)5)15-21(26)14-22-16-24(31(6)7)10-13-27(22)29;1-2-3/h8-13,15-17H,1,14H2,2-7H3;2-3H2,1H3/q+1;. The average Bonchev–Trinajstić information content (AvgIpc) is 2.81. The lowest BCUT2D eigenvalue weighted by Gasteiger charge is -2.28. The van der Waals surface area contributed by atoms with Crippen LogP contribution in [0.4, 0.5) is 5.69 Å². The predicted molar refractivity (Wildman–Crippen MR) is 151 cm³/mol. The molecule has 182 valence electrons. The Kier molecular flexibility index (Phi) is 8.08. The Hall–Kier alpha value is -3.50. The maximum Gasteiger partial charge on any atom is 0.199 e. The molecule has 2 aliphatic rings. The SMILES string of the molecule is C=C(C)c1ccc(C(C)=O)c(C2=C3C=CC(=[N+](C)C)C=C3Cc3cc(N(C)C)ccc32)c1.CCN. The first-order valence-electron chi connectivity index (χ1n) is 12.1. The third-order valence-corrected chi connectivity index (χ3v) is 6.29. The molecule has 4 nitrogen and oxygen atoms in total. The summed E-state index contributed by atoms with van der Waals surface area (Å²) in [6.07, 6.45) is 7.51. The van der Waals surface area contributed by atoms with E-state index in [0.717, 1.165) is 40.8 Å². The molecule has 0 fully saturated rings. The van der Waals surface area contributed by atoms with E-state index in [1.54, 1.807) is 6.92 Å². The lowest BCUT2D eigenvalue weighted by molar-refractivity contribution is -0.462. The van der Waals surface area contributed by atoms with E-state index < -0.39 is 0 Å². The largest absolute Gasteiger partial charge is 0.378 e. The number of allylic oxidation sites excluding steroid dienone is 6. The molecule has 0 aromatic heterocycles. The lowest BCUT2D eigenvalue weighted by Crippen LogP contribution is -2.18. The minimum absolute atomic E-state index is 0.0734. The van der Waals surface area contributed by atoms with E-state index in [1.165, 1.54) is 33.7 Å². The quantitative estimate of drug-likeness (QED) is 0.475. The highest BCUT2D eigenvalue weighted by Gasteiger charge is 2.28. The number of rotatable bonds is 4. The second kappa shape index (κ2) is 10.8. The van der Waals surface area contributed by atoms with Crippen molar-refractivity contribution in [1.82, 2.24) is 0 Å². The van der Waals surface area contributed by atoms with Gasteiger partial charge in [-0.2, -0.15) is 0 Å². The monoisotopic (exact) mass is 468 g/mol. The zero-order valence-electron chi connectivity index (χ0n) is 22.2. The Morgan fingerprint density at radius 2 is 1.74 bits per heavy atom. The third kappa shape index (κ3) is 5.44. The van der Waals surface area contributed by atoms with Crippen molar-refractivity contribution in [2.24, 2.45) is 5.73 Å². The smallest absolute Gasteiger partial charge is 0.199 e. The first-order valence-corrected chi connectivity index (χ1v) is 12.1. The van der Waals surface area contributed by atoms with E-state index in [0.29, 0.717) is 0 Å². The Balaban J connectivity index is 0.00000108. The molecule has 0 aliphatic heterocycles. The molecule has 0 heterocycles. The highest BCUT2D eigenvalue weighted by Crippen LogP contribution is 2.43. The van der Waals surface area contributed by atoms with Crippen LogP contribution in [0.3, 0.4) is 0 Å². The van der Waals surface area contributed by atoms with Crippen molar-refractivity contribution in [3.63, 3.8) is 0 Å². The number of hydrogen-bond acceptors (Lipinski definition) is 3. The van der Waals surface area contributed by atoms with Gasteiger partial charge in [-0.1, -0.05) is 37.3 Å². The summed E-state index contributed by atoms with van der Waals surface area (Å²) in [5, 5.41) is 0. The zero-order chi connectivity index (χ0) is 25.9. The van der Waals surface area contributed by atoms with Crippen LogP contribution >= 0.6 is 0 Å². The van der Waals surface area contributed by atoms with Gasteiger partial charge in [-0.25, -0.2) is 4.58 Å². The maximum atomic E-state index is 12.7. The Bertz CT molecular complexity index is 1300. The van der Waals surface area contributed by atoms with E-state index in [9.17, 15) is 4.79 Å². The molecule has 2 aliphatic carbocycles. The van der Waals surface area contributed by atoms with Gasteiger partial charge in [0.15, 0.2) is 11.5 Å². The molecular weight excluding hydrogens is 430 g/mol. The second-order valence-electron chi connectivity index (χ2n) is 9.53. The van der Waals surface area contributed by atoms with Crippen LogP contribution in [0.1, 0.15) is 53.4 Å². The van der Waals surface area contributed by atoms with Crippen LogP contribution in [0.25, 0.3) is 11.1 Å². The van der Waals surface area contributed by atoms with E-state index >= 15 is 0 Å². The number of Topliss-reactive ketones (excluding diaryl/α,β-unsaturated/α-hetero) is 1. The summed E-state index contributed by atoms with van der Waals surface area (Å²) in [7, 11) is 8.27. The Labute approximate surface area is 210 Å². The number of nitrogens with zero attached hydrogens (tertiary/aromatic N) is 2. The fourth-order valence-electron chi connectivity index (χ4n) is 4.46. The molecule has 0 radical (unpaired) electrons. The fourth-order valence-corrected chi connectivity index (χ4v) is 4.46. The summed E-state index contributed by atoms with van der Waals surface area (Å²) in [6.45, 7) is 10.4. The van der Waals surface area contributed by atoms with E-state index in [2.05, 4.69) is 86.7 Å². The number of nitrogens with two attached hydrogens (primary N) is 1. The van der Waals surface area contributed by atoms with Crippen LogP contribution in [0.5, 0.6) is 0 Å². The van der Waals surface area contributed by atoms with E-state index in [-0.39, 0.29) is 5.78 Å². The van der Waals surface area contributed by atoms with Crippen molar-refractivity contribution in [3.8, 4) is 0 Å². The summed E-state index contributed by atoms with van der Waals surface area (Å²) in [5.74, 6) is 0.0734. The molecule has 4 heteroatoms. The molecule has 0 saturated heterocycles.